The molecule has 0 spiro atoms. The van der Waals surface area contributed by atoms with Crippen molar-refractivity contribution in [1.82, 2.24) is 0 Å². The van der Waals surface area contributed by atoms with E-state index in [-0.39, 0.29) is 38.8 Å². The van der Waals surface area contributed by atoms with Crippen LogP contribution in [0.5, 0.6) is 5.75 Å². The van der Waals surface area contributed by atoms with Crippen molar-refractivity contribution in [1.29, 1.82) is 0 Å². The number of aliphatic hydroxyl groups is 2. The Kier molecular flexibility index (Phi) is 5.77. The molecule has 5 heteroatoms. The molecule has 0 fully saturated rings. The predicted molar refractivity (Wildman–Crippen MR) is 55.7 cm³/mol. The van der Waals surface area contributed by atoms with Crippen LogP contribution in [0, 0.1) is 5.82 Å². The van der Waals surface area contributed by atoms with Gasteiger partial charge in [0.25, 0.3) is 0 Å². The highest BCUT2D eigenvalue weighted by atomic mass is 19.1. The molecule has 0 unspecified atom stereocenters. The van der Waals surface area contributed by atoms with Gasteiger partial charge in [-0.05, 0) is 6.07 Å². The largest absolute Gasteiger partial charge is 0.488 e. The Morgan fingerprint density at radius 1 is 1.12 bits per heavy atom. The summed E-state index contributed by atoms with van der Waals surface area (Å²) < 4.78 is 23.4. The first kappa shape index (κ1) is 12.9. The smallest absolute Gasteiger partial charge is 0.165 e. The molecule has 4 nitrogen and oxygen atoms in total. The minimum atomic E-state index is -0.506. The van der Waals surface area contributed by atoms with Gasteiger partial charge in [0, 0.05) is 5.56 Å². The van der Waals surface area contributed by atoms with Crippen LogP contribution in [-0.2, 0) is 11.3 Å². The van der Waals surface area contributed by atoms with Gasteiger partial charge in [0.1, 0.15) is 6.61 Å². The lowest BCUT2D eigenvalue weighted by Gasteiger charge is -2.10. The van der Waals surface area contributed by atoms with Gasteiger partial charge in [-0.3, -0.25) is 0 Å². The number of benzene rings is 1. The van der Waals surface area contributed by atoms with Crippen molar-refractivity contribution in [3.8, 4) is 5.75 Å². The number of para-hydroxylation sites is 1. The third-order valence-corrected chi connectivity index (χ3v) is 1.93. The van der Waals surface area contributed by atoms with Gasteiger partial charge in [-0.1, -0.05) is 12.1 Å². The molecule has 0 aliphatic rings. The van der Waals surface area contributed by atoms with Gasteiger partial charge in [0.05, 0.1) is 26.4 Å². The number of ether oxygens (including phenoxy) is 2. The van der Waals surface area contributed by atoms with Gasteiger partial charge < -0.3 is 19.7 Å². The van der Waals surface area contributed by atoms with Gasteiger partial charge in [0.2, 0.25) is 0 Å². The van der Waals surface area contributed by atoms with Crippen molar-refractivity contribution >= 4 is 0 Å². The fourth-order valence-electron chi connectivity index (χ4n) is 1.21. The van der Waals surface area contributed by atoms with E-state index in [9.17, 15) is 4.39 Å². The van der Waals surface area contributed by atoms with Crippen LogP contribution >= 0.6 is 0 Å². The van der Waals surface area contributed by atoms with Crippen LogP contribution in [0.4, 0.5) is 4.39 Å². The molecule has 0 bridgehead atoms. The van der Waals surface area contributed by atoms with Crippen LogP contribution < -0.4 is 4.74 Å². The molecule has 0 atom stereocenters. The number of hydrogen-bond acceptors (Lipinski definition) is 4. The lowest BCUT2D eigenvalue weighted by Crippen LogP contribution is -2.10. The summed E-state index contributed by atoms with van der Waals surface area (Å²) in [6.45, 7) is 0.341. The molecule has 0 aliphatic heterocycles. The molecule has 2 N–H and O–H groups in total. The van der Waals surface area contributed by atoms with Crippen molar-refractivity contribution in [2.75, 3.05) is 26.4 Å². The van der Waals surface area contributed by atoms with Gasteiger partial charge in [0.15, 0.2) is 11.6 Å². The number of rotatable bonds is 7. The summed E-state index contributed by atoms with van der Waals surface area (Å²) in [5.41, 5.74) is 0.405. The maximum Gasteiger partial charge on any atom is 0.165 e. The minimum Gasteiger partial charge on any atom is -0.488 e. The molecule has 90 valence electrons. The maximum absolute atomic E-state index is 13.3. The zero-order chi connectivity index (χ0) is 11.8. The Balaban J connectivity index is 2.46. The second kappa shape index (κ2) is 7.16. The summed E-state index contributed by atoms with van der Waals surface area (Å²) in [6, 6.07) is 4.37. The van der Waals surface area contributed by atoms with E-state index in [0.29, 0.717) is 5.56 Å². The summed E-state index contributed by atoms with van der Waals surface area (Å²) >= 11 is 0. The molecule has 0 aromatic heterocycles. The number of hydrogen-bond donors (Lipinski definition) is 2. The summed E-state index contributed by atoms with van der Waals surface area (Å²) in [5, 5.41) is 17.4. The van der Waals surface area contributed by atoms with Crippen LogP contribution in [0.3, 0.4) is 0 Å². The number of halogens is 1. The van der Waals surface area contributed by atoms with E-state index in [4.69, 9.17) is 19.7 Å². The van der Waals surface area contributed by atoms with E-state index in [2.05, 4.69) is 0 Å². The van der Waals surface area contributed by atoms with Crippen LogP contribution in [0.2, 0.25) is 0 Å². The number of aliphatic hydroxyl groups excluding tert-OH is 2. The first-order valence-electron chi connectivity index (χ1n) is 4.99. The van der Waals surface area contributed by atoms with Gasteiger partial charge in [-0.2, -0.15) is 0 Å². The molecule has 0 heterocycles. The fraction of sp³-hybridized carbons (Fsp3) is 0.455. The Morgan fingerprint density at radius 3 is 2.62 bits per heavy atom. The molecule has 16 heavy (non-hydrogen) atoms. The van der Waals surface area contributed by atoms with Crippen molar-refractivity contribution in [2.24, 2.45) is 0 Å². The lowest BCUT2D eigenvalue weighted by atomic mass is 10.2. The average molecular weight is 230 g/mol. The van der Waals surface area contributed by atoms with Crippen molar-refractivity contribution in [2.45, 2.75) is 6.61 Å². The molecule has 1 aromatic rings. The Bertz CT molecular complexity index is 317. The van der Waals surface area contributed by atoms with E-state index in [1.807, 2.05) is 0 Å². The molecule has 0 saturated heterocycles. The molecule has 0 amide bonds. The molecule has 0 radical (unpaired) electrons. The highest BCUT2D eigenvalue weighted by Gasteiger charge is 2.08. The minimum absolute atomic E-state index is 0.0533. The van der Waals surface area contributed by atoms with Crippen molar-refractivity contribution in [3.63, 3.8) is 0 Å². The van der Waals surface area contributed by atoms with Crippen LogP contribution in [0.25, 0.3) is 0 Å². The molecule has 1 rings (SSSR count). The Morgan fingerprint density at radius 2 is 1.94 bits per heavy atom. The monoisotopic (exact) mass is 230 g/mol. The summed E-state index contributed by atoms with van der Waals surface area (Å²) in [7, 11) is 0. The van der Waals surface area contributed by atoms with Gasteiger partial charge in [-0.25, -0.2) is 4.39 Å². The predicted octanol–water partition coefficient (Wildman–Crippen LogP) is 0.706. The summed E-state index contributed by atoms with van der Waals surface area (Å²) in [5.74, 6) is -0.452. The first-order chi connectivity index (χ1) is 7.79. The molecule has 0 aliphatic carbocycles. The summed E-state index contributed by atoms with van der Waals surface area (Å²) in [6.07, 6.45) is 0. The third-order valence-electron chi connectivity index (χ3n) is 1.93. The van der Waals surface area contributed by atoms with Crippen LogP contribution in [0.15, 0.2) is 18.2 Å². The Hall–Kier alpha value is -1.17. The van der Waals surface area contributed by atoms with E-state index < -0.39 is 5.82 Å². The fourth-order valence-corrected chi connectivity index (χ4v) is 1.21. The van der Waals surface area contributed by atoms with Crippen LogP contribution in [0.1, 0.15) is 5.56 Å². The lowest BCUT2D eigenvalue weighted by molar-refractivity contribution is 0.0690. The maximum atomic E-state index is 13.3. The second-order valence-electron chi connectivity index (χ2n) is 3.07. The quantitative estimate of drug-likeness (QED) is 0.677. The standard InChI is InChI=1S/C11H15FO4/c12-10-3-1-2-9(8-14)11(10)16-7-6-15-5-4-13/h1-3,13-14H,4-8H2. The molecule has 1 aromatic carbocycles. The van der Waals surface area contributed by atoms with Crippen molar-refractivity contribution < 1.29 is 24.1 Å². The first-order valence-corrected chi connectivity index (χ1v) is 4.99. The van der Waals surface area contributed by atoms with E-state index in [0.717, 1.165) is 0 Å². The third kappa shape index (κ3) is 3.77. The van der Waals surface area contributed by atoms with E-state index in [1.54, 1.807) is 6.07 Å². The van der Waals surface area contributed by atoms with Gasteiger partial charge in [-0.15, -0.1) is 0 Å². The van der Waals surface area contributed by atoms with E-state index in [1.165, 1.54) is 12.1 Å². The van der Waals surface area contributed by atoms with Crippen molar-refractivity contribution in [3.05, 3.63) is 29.6 Å². The molecule has 0 saturated carbocycles. The molecular weight excluding hydrogens is 215 g/mol. The van der Waals surface area contributed by atoms with Gasteiger partial charge >= 0.3 is 0 Å². The highest BCUT2D eigenvalue weighted by Crippen LogP contribution is 2.22. The summed E-state index contributed by atoms with van der Waals surface area (Å²) in [4.78, 5) is 0. The Labute approximate surface area is 93.2 Å². The second-order valence-corrected chi connectivity index (χ2v) is 3.07. The topological polar surface area (TPSA) is 58.9 Å². The zero-order valence-electron chi connectivity index (χ0n) is 8.86. The van der Waals surface area contributed by atoms with Crippen LogP contribution in [-0.4, -0.2) is 36.6 Å². The SMILES string of the molecule is OCCOCCOc1c(F)cccc1CO. The normalized spacial score (nSPS) is 10.4. The zero-order valence-corrected chi connectivity index (χ0v) is 8.86. The molecular formula is C11H15FO4. The van der Waals surface area contributed by atoms with E-state index >= 15 is 0 Å². The average Bonchev–Trinajstić information content (AvgIpc) is 2.30. The highest BCUT2D eigenvalue weighted by molar-refractivity contribution is 5.34.